The molecule has 12 heavy (non-hydrogen) atoms. The van der Waals surface area contributed by atoms with Crippen LogP contribution in [0.1, 0.15) is 19.8 Å². The molecule has 1 heterocycles. The smallest absolute Gasteiger partial charge is 0.320 e. The summed E-state index contributed by atoms with van der Waals surface area (Å²) in [6, 6.07) is -0.410. The third kappa shape index (κ3) is 2.46. The molecule has 1 fully saturated rings. The van der Waals surface area contributed by atoms with Gasteiger partial charge in [0.2, 0.25) is 0 Å². The summed E-state index contributed by atoms with van der Waals surface area (Å²) < 4.78 is 5.41. The first-order valence-corrected chi connectivity index (χ1v) is 4.31. The lowest BCUT2D eigenvalue weighted by molar-refractivity contribution is -0.139. The Hall–Kier alpha value is -0.610. The van der Waals surface area contributed by atoms with Gasteiger partial charge in [-0.05, 0) is 6.42 Å². The second kappa shape index (κ2) is 4.42. The molecule has 0 aromatic rings. The first-order chi connectivity index (χ1) is 5.74. The summed E-state index contributed by atoms with van der Waals surface area (Å²) in [5.74, 6) is -0.780. The molecule has 0 radical (unpaired) electrons. The predicted molar refractivity (Wildman–Crippen MR) is 44.1 cm³/mol. The first kappa shape index (κ1) is 9.48. The van der Waals surface area contributed by atoms with Crippen molar-refractivity contribution in [3.8, 4) is 0 Å². The second-order valence-corrected chi connectivity index (χ2v) is 3.03. The number of aliphatic carboxylic acids is 1. The van der Waals surface area contributed by atoms with Gasteiger partial charge in [0.25, 0.3) is 0 Å². The topological polar surface area (TPSA) is 58.6 Å². The van der Waals surface area contributed by atoms with Gasteiger partial charge in [0.15, 0.2) is 0 Å². The fourth-order valence-corrected chi connectivity index (χ4v) is 1.30. The van der Waals surface area contributed by atoms with Gasteiger partial charge < -0.3 is 15.2 Å². The van der Waals surface area contributed by atoms with E-state index in [9.17, 15) is 4.79 Å². The van der Waals surface area contributed by atoms with Crippen LogP contribution in [-0.4, -0.2) is 36.4 Å². The lowest BCUT2D eigenvalue weighted by Crippen LogP contribution is -2.29. The van der Waals surface area contributed by atoms with Gasteiger partial charge in [-0.1, -0.05) is 6.92 Å². The molecule has 1 saturated heterocycles. The standard InChI is InChI=1S/C8H15NO3/c1-2-3-12-6-4-7(8(10)11)9-5-6/h6-7,9H,2-5H2,1H3,(H,10,11)/t6-,7?/m0/s1. The van der Waals surface area contributed by atoms with Crippen molar-refractivity contribution in [1.82, 2.24) is 5.32 Å². The van der Waals surface area contributed by atoms with Crippen LogP contribution in [0.3, 0.4) is 0 Å². The van der Waals surface area contributed by atoms with E-state index in [-0.39, 0.29) is 6.10 Å². The minimum atomic E-state index is -0.780. The van der Waals surface area contributed by atoms with E-state index in [0.717, 1.165) is 13.0 Å². The van der Waals surface area contributed by atoms with Crippen molar-refractivity contribution in [2.24, 2.45) is 0 Å². The number of ether oxygens (including phenoxy) is 1. The van der Waals surface area contributed by atoms with Crippen LogP contribution < -0.4 is 5.32 Å². The van der Waals surface area contributed by atoms with E-state index >= 15 is 0 Å². The Morgan fingerprint density at radius 1 is 1.75 bits per heavy atom. The summed E-state index contributed by atoms with van der Waals surface area (Å²) in [5.41, 5.74) is 0. The fraction of sp³-hybridized carbons (Fsp3) is 0.875. The molecule has 70 valence electrons. The Bertz CT molecular complexity index is 160. The van der Waals surface area contributed by atoms with E-state index < -0.39 is 12.0 Å². The summed E-state index contributed by atoms with van der Waals surface area (Å²) in [4.78, 5) is 10.5. The van der Waals surface area contributed by atoms with Crippen LogP contribution in [-0.2, 0) is 9.53 Å². The monoisotopic (exact) mass is 173 g/mol. The van der Waals surface area contributed by atoms with Gasteiger partial charge in [0.05, 0.1) is 6.10 Å². The Morgan fingerprint density at radius 2 is 2.50 bits per heavy atom. The molecule has 0 aromatic heterocycles. The molecular formula is C8H15NO3. The van der Waals surface area contributed by atoms with Crippen LogP contribution in [0.15, 0.2) is 0 Å². The predicted octanol–water partition coefficient (Wildman–Crippen LogP) is 0.228. The molecule has 1 aliphatic rings. The van der Waals surface area contributed by atoms with Crippen LogP contribution in [0.4, 0.5) is 0 Å². The minimum absolute atomic E-state index is 0.0889. The second-order valence-electron chi connectivity index (χ2n) is 3.03. The first-order valence-electron chi connectivity index (χ1n) is 4.31. The maximum atomic E-state index is 10.5. The van der Waals surface area contributed by atoms with E-state index in [1.54, 1.807) is 0 Å². The molecule has 0 amide bonds. The van der Waals surface area contributed by atoms with E-state index in [0.29, 0.717) is 13.0 Å². The number of carboxylic acids is 1. The van der Waals surface area contributed by atoms with Crippen molar-refractivity contribution in [3.05, 3.63) is 0 Å². The van der Waals surface area contributed by atoms with E-state index in [1.807, 2.05) is 6.92 Å². The van der Waals surface area contributed by atoms with Crippen molar-refractivity contribution in [1.29, 1.82) is 0 Å². The summed E-state index contributed by atoms with van der Waals surface area (Å²) in [6.07, 6.45) is 1.66. The number of nitrogens with one attached hydrogen (secondary N) is 1. The molecule has 4 heteroatoms. The van der Waals surface area contributed by atoms with Crippen LogP contribution >= 0.6 is 0 Å². The van der Waals surface area contributed by atoms with Crippen LogP contribution in [0.2, 0.25) is 0 Å². The highest BCUT2D eigenvalue weighted by Crippen LogP contribution is 2.10. The molecule has 0 spiro atoms. The number of hydrogen-bond donors (Lipinski definition) is 2. The van der Waals surface area contributed by atoms with Gasteiger partial charge in [-0.2, -0.15) is 0 Å². The lowest BCUT2D eigenvalue weighted by atomic mass is 10.2. The molecule has 1 rings (SSSR count). The minimum Gasteiger partial charge on any atom is -0.480 e. The number of carboxylic acid groups (broad SMARTS) is 1. The Labute approximate surface area is 71.9 Å². The van der Waals surface area contributed by atoms with Gasteiger partial charge in [-0.15, -0.1) is 0 Å². The van der Waals surface area contributed by atoms with Crippen molar-refractivity contribution >= 4 is 5.97 Å². The normalized spacial score (nSPS) is 29.1. The fourth-order valence-electron chi connectivity index (χ4n) is 1.30. The third-order valence-corrected chi connectivity index (χ3v) is 1.95. The van der Waals surface area contributed by atoms with Crippen LogP contribution in [0.25, 0.3) is 0 Å². The van der Waals surface area contributed by atoms with Gasteiger partial charge >= 0.3 is 5.97 Å². The molecular weight excluding hydrogens is 158 g/mol. The molecule has 0 aliphatic carbocycles. The average Bonchev–Trinajstić information content (AvgIpc) is 2.48. The molecule has 1 aliphatic heterocycles. The molecule has 2 N–H and O–H groups in total. The lowest BCUT2D eigenvalue weighted by Gasteiger charge is -2.08. The van der Waals surface area contributed by atoms with E-state index in [2.05, 4.69) is 5.32 Å². The summed E-state index contributed by atoms with van der Waals surface area (Å²) >= 11 is 0. The van der Waals surface area contributed by atoms with E-state index in [1.165, 1.54) is 0 Å². The number of hydrogen-bond acceptors (Lipinski definition) is 3. The molecule has 4 nitrogen and oxygen atoms in total. The van der Waals surface area contributed by atoms with Crippen LogP contribution in [0.5, 0.6) is 0 Å². The molecule has 2 atom stereocenters. The summed E-state index contributed by atoms with van der Waals surface area (Å²) in [6.45, 7) is 3.42. The van der Waals surface area contributed by atoms with Crippen LogP contribution in [0, 0.1) is 0 Å². The molecule has 1 unspecified atom stereocenters. The van der Waals surface area contributed by atoms with Gasteiger partial charge in [0.1, 0.15) is 6.04 Å². The zero-order valence-corrected chi connectivity index (χ0v) is 7.25. The van der Waals surface area contributed by atoms with Gasteiger partial charge in [-0.25, -0.2) is 0 Å². The molecule has 0 bridgehead atoms. The number of rotatable bonds is 4. The number of carbonyl (C=O) groups is 1. The molecule has 0 aromatic carbocycles. The van der Waals surface area contributed by atoms with Crippen molar-refractivity contribution in [2.75, 3.05) is 13.2 Å². The average molecular weight is 173 g/mol. The highest BCUT2D eigenvalue weighted by molar-refractivity contribution is 5.73. The zero-order chi connectivity index (χ0) is 8.97. The SMILES string of the molecule is CCCO[C@@H]1CNC(C(=O)O)C1. The Kier molecular flexibility index (Phi) is 3.49. The maximum Gasteiger partial charge on any atom is 0.320 e. The Morgan fingerprint density at radius 3 is 3.00 bits per heavy atom. The highest BCUT2D eigenvalue weighted by Gasteiger charge is 2.29. The van der Waals surface area contributed by atoms with Crippen molar-refractivity contribution < 1.29 is 14.6 Å². The van der Waals surface area contributed by atoms with Gasteiger partial charge in [0, 0.05) is 19.6 Å². The molecule has 0 saturated carbocycles. The zero-order valence-electron chi connectivity index (χ0n) is 7.25. The largest absolute Gasteiger partial charge is 0.480 e. The Balaban J connectivity index is 2.21. The van der Waals surface area contributed by atoms with Crippen molar-refractivity contribution in [2.45, 2.75) is 31.9 Å². The quantitative estimate of drug-likeness (QED) is 0.639. The van der Waals surface area contributed by atoms with E-state index in [4.69, 9.17) is 9.84 Å². The van der Waals surface area contributed by atoms with Gasteiger partial charge in [-0.3, -0.25) is 4.79 Å². The maximum absolute atomic E-state index is 10.5. The summed E-state index contributed by atoms with van der Waals surface area (Å²) in [5, 5.41) is 11.5. The third-order valence-electron chi connectivity index (χ3n) is 1.95. The highest BCUT2D eigenvalue weighted by atomic mass is 16.5. The van der Waals surface area contributed by atoms with Crippen molar-refractivity contribution in [3.63, 3.8) is 0 Å². The summed E-state index contributed by atoms with van der Waals surface area (Å²) in [7, 11) is 0.